The van der Waals surface area contributed by atoms with Gasteiger partial charge in [-0.15, -0.1) is 0 Å². The third kappa shape index (κ3) is 3.06. The minimum atomic E-state index is -1.01. The second-order valence-corrected chi connectivity index (χ2v) is 8.07. The number of rotatable bonds is 5. The summed E-state index contributed by atoms with van der Waals surface area (Å²) in [4.78, 5) is 28.7. The van der Waals surface area contributed by atoms with Crippen molar-refractivity contribution in [2.75, 3.05) is 13.2 Å². The number of aromatic amines is 1. The number of hydrogen-bond acceptors (Lipinski definition) is 6. The van der Waals surface area contributed by atoms with Crippen LogP contribution in [0.3, 0.4) is 0 Å². The van der Waals surface area contributed by atoms with E-state index in [2.05, 4.69) is 4.98 Å². The number of primary amides is 1. The molecule has 1 aliphatic carbocycles. The maximum Gasteiger partial charge on any atom is 0.252 e. The largest absolute Gasteiger partial charge is 0.491 e. The highest BCUT2D eigenvalue weighted by Gasteiger charge is 2.40. The van der Waals surface area contributed by atoms with Crippen molar-refractivity contribution >= 4 is 22.6 Å². The van der Waals surface area contributed by atoms with Crippen molar-refractivity contribution in [3.05, 3.63) is 63.8 Å². The van der Waals surface area contributed by atoms with E-state index in [0.29, 0.717) is 39.0 Å². The van der Waals surface area contributed by atoms with Crippen molar-refractivity contribution in [3.8, 4) is 11.8 Å². The lowest BCUT2D eigenvalue weighted by Crippen LogP contribution is -2.30. The number of nitriles is 1. The molecule has 0 radical (unpaired) electrons. The molecular formula is C23H21N3O5. The maximum atomic E-state index is 13.4. The van der Waals surface area contributed by atoms with Gasteiger partial charge in [0, 0.05) is 22.1 Å². The van der Waals surface area contributed by atoms with Gasteiger partial charge in [-0.2, -0.15) is 5.26 Å². The van der Waals surface area contributed by atoms with Crippen LogP contribution in [0.25, 0.3) is 10.9 Å². The van der Waals surface area contributed by atoms with Crippen LogP contribution >= 0.6 is 0 Å². The van der Waals surface area contributed by atoms with Crippen molar-refractivity contribution in [2.45, 2.75) is 25.4 Å². The number of benzene rings is 2. The van der Waals surface area contributed by atoms with Crippen molar-refractivity contribution < 1.29 is 24.5 Å². The van der Waals surface area contributed by atoms with Crippen LogP contribution in [0.4, 0.5) is 0 Å². The first-order valence-corrected chi connectivity index (χ1v) is 9.70. The second-order valence-electron chi connectivity index (χ2n) is 8.07. The first-order valence-electron chi connectivity index (χ1n) is 9.70. The molecule has 5 N–H and O–H groups in total. The van der Waals surface area contributed by atoms with Crippen molar-refractivity contribution in [3.63, 3.8) is 0 Å². The Kier molecular flexibility index (Phi) is 4.81. The summed E-state index contributed by atoms with van der Waals surface area (Å²) in [5.41, 5.74) is 7.73. The van der Waals surface area contributed by atoms with Gasteiger partial charge in [0.2, 0.25) is 0 Å². The van der Waals surface area contributed by atoms with Crippen molar-refractivity contribution in [1.82, 2.24) is 4.98 Å². The molecule has 1 heterocycles. The molecule has 0 bridgehead atoms. The molecule has 2 aromatic carbocycles. The smallest absolute Gasteiger partial charge is 0.252 e. The van der Waals surface area contributed by atoms with Crippen LogP contribution in [0.1, 0.15) is 56.9 Å². The molecule has 0 saturated heterocycles. The normalized spacial score (nSPS) is 15.1. The molecule has 158 valence electrons. The fraction of sp³-hybridized carbons (Fsp3) is 0.261. The summed E-state index contributed by atoms with van der Waals surface area (Å²) in [7, 11) is 0. The van der Waals surface area contributed by atoms with Crippen LogP contribution in [-0.4, -0.2) is 46.2 Å². The van der Waals surface area contributed by atoms with Crippen molar-refractivity contribution in [2.24, 2.45) is 5.73 Å². The Hall–Kier alpha value is -3.67. The molecule has 3 aromatic rings. The van der Waals surface area contributed by atoms with E-state index in [-0.39, 0.29) is 23.5 Å². The lowest BCUT2D eigenvalue weighted by molar-refractivity contribution is 0.0535. The van der Waals surface area contributed by atoms with E-state index in [9.17, 15) is 20.0 Å². The number of amides is 1. The zero-order valence-corrected chi connectivity index (χ0v) is 17.0. The van der Waals surface area contributed by atoms with Gasteiger partial charge in [-0.3, -0.25) is 9.59 Å². The number of aliphatic hydroxyl groups excluding tert-OH is 2. The number of aromatic nitrogens is 1. The average Bonchev–Trinajstić information content (AvgIpc) is 3.15. The van der Waals surface area contributed by atoms with Gasteiger partial charge in [0.25, 0.3) is 5.91 Å². The summed E-state index contributed by atoms with van der Waals surface area (Å²) in [6.45, 7) is 3.38. The summed E-state index contributed by atoms with van der Waals surface area (Å²) in [6.07, 6.45) is -1.01. The summed E-state index contributed by atoms with van der Waals surface area (Å²) in [6, 6.07) is 10.2. The number of fused-ring (bicyclic) bond motifs is 4. The van der Waals surface area contributed by atoms with E-state index in [1.165, 1.54) is 6.07 Å². The number of nitrogens with zero attached hydrogens (tertiary/aromatic N) is 1. The Morgan fingerprint density at radius 2 is 2.06 bits per heavy atom. The molecule has 1 amide bonds. The van der Waals surface area contributed by atoms with Crippen LogP contribution in [-0.2, 0) is 5.41 Å². The minimum Gasteiger partial charge on any atom is -0.491 e. The SMILES string of the molecule is CC1(C)c2cc(OC[C@@H](O)CO)ccc2C(=O)c2c1[nH]c1c(C(N)=O)c(C#N)ccc21. The molecule has 0 fully saturated rings. The first-order chi connectivity index (χ1) is 14.7. The molecule has 0 aliphatic heterocycles. The summed E-state index contributed by atoms with van der Waals surface area (Å²) in [5, 5.41) is 28.4. The number of ketones is 1. The number of carbonyl (C=O) groups excluding carboxylic acids is 2. The van der Waals surface area contributed by atoms with E-state index in [0.717, 1.165) is 0 Å². The number of carbonyl (C=O) groups is 2. The monoisotopic (exact) mass is 419 g/mol. The van der Waals surface area contributed by atoms with Crippen LogP contribution in [0.15, 0.2) is 30.3 Å². The molecule has 0 spiro atoms. The topological polar surface area (TPSA) is 149 Å². The van der Waals surface area contributed by atoms with Gasteiger partial charge in [0.1, 0.15) is 24.5 Å². The number of ether oxygens (including phenoxy) is 1. The van der Waals surface area contributed by atoms with Gasteiger partial charge in [0.15, 0.2) is 5.78 Å². The van der Waals surface area contributed by atoms with E-state index >= 15 is 0 Å². The maximum absolute atomic E-state index is 13.4. The van der Waals surface area contributed by atoms with Crippen LogP contribution < -0.4 is 10.5 Å². The second kappa shape index (κ2) is 7.23. The molecule has 1 aliphatic rings. The van der Waals surface area contributed by atoms with Gasteiger partial charge in [-0.1, -0.05) is 19.9 Å². The Morgan fingerprint density at radius 1 is 1.32 bits per heavy atom. The minimum absolute atomic E-state index is 0.0593. The molecule has 31 heavy (non-hydrogen) atoms. The lowest BCUT2D eigenvalue weighted by atomic mass is 9.71. The standard InChI is InChI=1S/C23H21N3O5/c1-23(2)16-7-13(31-10-12(28)9-27)4-6-14(16)20(29)18-15-5-3-11(8-24)17(22(25)30)19(15)26-21(18)23/h3-7,12,26-28H,9-10H2,1-2H3,(H2,25,30)/t12-/m0/s1. The first kappa shape index (κ1) is 20.6. The summed E-state index contributed by atoms with van der Waals surface area (Å²) in [5.74, 6) is -0.504. The third-order valence-corrected chi connectivity index (χ3v) is 5.76. The van der Waals surface area contributed by atoms with Gasteiger partial charge in [-0.05, 0) is 29.8 Å². The fourth-order valence-electron chi connectivity index (χ4n) is 4.16. The number of hydrogen-bond donors (Lipinski definition) is 4. The predicted molar refractivity (Wildman–Crippen MR) is 112 cm³/mol. The quantitative estimate of drug-likeness (QED) is 0.495. The van der Waals surface area contributed by atoms with E-state index < -0.39 is 24.0 Å². The highest BCUT2D eigenvalue weighted by Crippen LogP contribution is 2.45. The third-order valence-electron chi connectivity index (χ3n) is 5.76. The van der Waals surface area contributed by atoms with Gasteiger partial charge in [-0.25, -0.2) is 0 Å². The Labute approximate surface area is 177 Å². The Balaban J connectivity index is 1.91. The van der Waals surface area contributed by atoms with Gasteiger partial charge >= 0.3 is 0 Å². The van der Waals surface area contributed by atoms with Crippen LogP contribution in [0.5, 0.6) is 5.75 Å². The van der Waals surface area contributed by atoms with E-state index in [1.807, 2.05) is 19.9 Å². The summed E-state index contributed by atoms with van der Waals surface area (Å²) < 4.78 is 5.55. The molecule has 0 saturated carbocycles. The molecule has 8 nitrogen and oxygen atoms in total. The fourth-order valence-corrected chi connectivity index (χ4v) is 4.16. The highest BCUT2D eigenvalue weighted by atomic mass is 16.5. The molecule has 8 heteroatoms. The van der Waals surface area contributed by atoms with Crippen molar-refractivity contribution in [1.29, 1.82) is 5.26 Å². The zero-order chi connectivity index (χ0) is 22.5. The molecule has 1 atom stereocenters. The molecule has 1 aromatic heterocycles. The number of aliphatic hydroxyl groups is 2. The van der Waals surface area contributed by atoms with E-state index in [4.69, 9.17) is 15.6 Å². The Morgan fingerprint density at radius 3 is 2.71 bits per heavy atom. The van der Waals surface area contributed by atoms with Crippen LogP contribution in [0, 0.1) is 11.3 Å². The molecule has 4 rings (SSSR count). The molecular weight excluding hydrogens is 398 g/mol. The number of nitrogens with two attached hydrogens (primary N) is 1. The van der Waals surface area contributed by atoms with E-state index in [1.54, 1.807) is 24.3 Å². The lowest BCUT2D eigenvalue weighted by Gasteiger charge is -2.32. The number of nitrogens with one attached hydrogen (secondary N) is 1. The highest BCUT2D eigenvalue weighted by molar-refractivity contribution is 6.22. The predicted octanol–water partition coefficient (Wildman–Crippen LogP) is 1.74. The van der Waals surface area contributed by atoms with Gasteiger partial charge < -0.3 is 25.7 Å². The van der Waals surface area contributed by atoms with Gasteiger partial charge in [0.05, 0.1) is 28.8 Å². The zero-order valence-electron chi connectivity index (χ0n) is 17.0. The summed E-state index contributed by atoms with van der Waals surface area (Å²) >= 11 is 0. The molecule has 0 unspecified atom stereocenters. The number of H-pyrrole nitrogens is 1. The Bertz CT molecular complexity index is 1280. The van der Waals surface area contributed by atoms with Crippen LogP contribution in [0.2, 0.25) is 0 Å². The average molecular weight is 419 g/mol.